The molecule has 0 rings (SSSR count). The predicted molar refractivity (Wildman–Crippen MR) is 63.5 cm³/mol. The van der Waals surface area contributed by atoms with Gasteiger partial charge in [-0.15, -0.1) is 0 Å². The van der Waals surface area contributed by atoms with Crippen LogP contribution in [0.3, 0.4) is 0 Å². The van der Waals surface area contributed by atoms with Crippen molar-refractivity contribution in [3.8, 4) is 0 Å². The summed E-state index contributed by atoms with van der Waals surface area (Å²) in [6.45, 7) is 6.26. The maximum absolute atomic E-state index is 6.00. The number of allylic oxidation sites excluding steroid dienone is 4. The van der Waals surface area contributed by atoms with Crippen molar-refractivity contribution in [2.45, 2.75) is 46.5 Å². The molecular weight excluding hydrogens is 172 g/mol. The molecule has 2 nitrogen and oxygen atoms in total. The third-order valence-electron chi connectivity index (χ3n) is 2.28. The van der Waals surface area contributed by atoms with E-state index >= 15 is 0 Å². The largest absolute Gasteiger partial charge is 0.402 e. The van der Waals surface area contributed by atoms with E-state index < -0.39 is 0 Å². The van der Waals surface area contributed by atoms with Crippen molar-refractivity contribution in [3.05, 3.63) is 23.5 Å². The van der Waals surface area contributed by atoms with Gasteiger partial charge in [0.25, 0.3) is 0 Å². The Labute approximate surface area is 88.1 Å². The number of nitrogens with two attached hydrogens (primary N) is 2. The van der Waals surface area contributed by atoms with Gasteiger partial charge in [-0.25, -0.2) is 0 Å². The van der Waals surface area contributed by atoms with Crippen LogP contribution in [0, 0.1) is 5.92 Å². The molecule has 0 aromatic heterocycles. The van der Waals surface area contributed by atoms with E-state index in [9.17, 15) is 0 Å². The van der Waals surface area contributed by atoms with Crippen molar-refractivity contribution in [1.82, 2.24) is 0 Å². The van der Waals surface area contributed by atoms with Crippen LogP contribution in [0.5, 0.6) is 0 Å². The quantitative estimate of drug-likeness (QED) is 0.642. The first-order chi connectivity index (χ1) is 6.61. The van der Waals surface area contributed by atoms with Crippen LogP contribution in [0.25, 0.3) is 0 Å². The topological polar surface area (TPSA) is 52.0 Å². The van der Waals surface area contributed by atoms with Crippen molar-refractivity contribution in [1.29, 1.82) is 0 Å². The average Bonchev–Trinajstić information content (AvgIpc) is 2.14. The van der Waals surface area contributed by atoms with Crippen LogP contribution in [-0.2, 0) is 0 Å². The summed E-state index contributed by atoms with van der Waals surface area (Å²) in [5.74, 6) is 0.528. The molecule has 0 aromatic carbocycles. The molecular formula is C12H24N2. The molecule has 0 radical (unpaired) electrons. The van der Waals surface area contributed by atoms with Crippen molar-refractivity contribution in [2.24, 2.45) is 17.4 Å². The molecule has 0 aliphatic heterocycles. The number of rotatable bonds is 6. The zero-order valence-electron chi connectivity index (χ0n) is 9.72. The smallest absolute Gasteiger partial charge is 0.0113 e. The van der Waals surface area contributed by atoms with Crippen LogP contribution < -0.4 is 11.5 Å². The summed E-state index contributed by atoms with van der Waals surface area (Å²) < 4.78 is 0. The molecule has 0 fully saturated rings. The SMILES string of the molecule is CCCC(CCC)/C(N)=C/C=C(/C)N. The fourth-order valence-electron chi connectivity index (χ4n) is 1.54. The molecule has 0 spiro atoms. The first kappa shape index (κ1) is 13.1. The van der Waals surface area contributed by atoms with E-state index in [0.717, 1.165) is 11.4 Å². The Morgan fingerprint density at radius 3 is 1.93 bits per heavy atom. The minimum absolute atomic E-state index is 0.528. The summed E-state index contributed by atoms with van der Waals surface area (Å²) in [5, 5.41) is 0. The van der Waals surface area contributed by atoms with Gasteiger partial charge in [0.15, 0.2) is 0 Å². The monoisotopic (exact) mass is 196 g/mol. The highest BCUT2D eigenvalue weighted by atomic mass is 14.6. The normalized spacial score (nSPS) is 13.7. The van der Waals surface area contributed by atoms with Gasteiger partial charge in [0.2, 0.25) is 0 Å². The minimum Gasteiger partial charge on any atom is -0.402 e. The van der Waals surface area contributed by atoms with Crippen LogP contribution in [0.4, 0.5) is 0 Å². The second-order valence-electron chi connectivity index (χ2n) is 3.85. The molecule has 0 saturated carbocycles. The lowest BCUT2D eigenvalue weighted by molar-refractivity contribution is 0.499. The van der Waals surface area contributed by atoms with Crippen LogP contribution in [-0.4, -0.2) is 0 Å². The molecule has 0 aliphatic carbocycles. The maximum atomic E-state index is 6.00. The summed E-state index contributed by atoms with van der Waals surface area (Å²) in [6, 6.07) is 0. The third-order valence-corrected chi connectivity index (χ3v) is 2.28. The second kappa shape index (κ2) is 7.48. The summed E-state index contributed by atoms with van der Waals surface area (Å²) in [7, 11) is 0. The summed E-state index contributed by atoms with van der Waals surface area (Å²) >= 11 is 0. The van der Waals surface area contributed by atoms with Crippen LogP contribution in [0.1, 0.15) is 46.5 Å². The van der Waals surface area contributed by atoms with Crippen LogP contribution >= 0.6 is 0 Å². The summed E-state index contributed by atoms with van der Waals surface area (Å²) in [6.07, 6.45) is 8.55. The van der Waals surface area contributed by atoms with Crippen LogP contribution in [0.2, 0.25) is 0 Å². The van der Waals surface area contributed by atoms with E-state index in [1.807, 2.05) is 19.1 Å². The Bertz CT molecular complexity index is 194. The molecule has 0 atom stereocenters. The maximum Gasteiger partial charge on any atom is 0.0113 e. The van der Waals surface area contributed by atoms with Gasteiger partial charge in [-0.2, -0.15) is 0 Å². The molecule has 0 amide bonds. The Morgan fingerprint density at radius 1 is 1.07 bits per heavy atom. The molecule has 0 aromatic rings. The van der Waals surface area contributed by atoms with E-state index in [1.54, 1.807) is 0 Å². The van der Waals surface area contributed by atoms with E-state index in [1.165, 1.54) is 25.7 Å². The lowest BCUT2D eigenvalue weighted by Gasteiger charge is -2.15. The first-order valence-corrected chi connectivity index (χ1v) is 5.51. The van der Waals surface area contributed by atoms with Gasteiger partial charge >= 0.3 is 0 Å². The molecule has 14 heavy (non-hydrogen) atoms. The number of hydrogen-bond donors (Lipinski definition) is 2. The highest BCUT2D eigenvalue weighted by Crippen LogP contribution is 2.19. The molecule has 0 saturated heterocycles. The molecule has 82 valence electrons. The highest BCUT2D eigenvalue weighted by Gasteiger charge is 2.08. The molecule has 0 bridgehead atoms. The van der Waals surface area contributed by atoms with E-state index in [0.29, 0.717) is 5.92 Å². The molecule has 2 heteroatoms. The van der Waals surface area contributed by atoms with Crippen molar-refractivity contribution >= 4 is 0 Å². The Balaban J connectivity index is 4.33. The van der Waals surface area contributed by atoms with Gasteiger partial charge in [-0.3, -0.25) is 0 Å². The third kappa shape index (κ3) is 5.68. The molecule has 4 N–H and O–H groups in total. The van der Waals surface area contributed by atoms with Gasteiger partial charge in [0.05, 0.1) is 0 Å². The Kier molecular flexibility index (Phi) is 6.99. The summed E-state index contributed by atoms with van der Waals surface area (Å²) in [5.41, 5.74) is 13.3. The second-order valence-corrected chi connectivity index (χ2v) is 3.85. The van der Waals surface area contributed by atoms with E-state index in [2.05, 4.69) is 13.8 Å². The lowest BCUT2D eigenvalue weighted by atomic mass is 9.94. The number of hydrogen-bond acceptors (Lipinski definition) is 2. The average molecular weight is 196 g/mol. The molecule has 0 aliphatic rings. The van der Waals surface area contributed by atoms with Crippen LogP contribution in [0.15, 0.2) is 23.5 Å². The molecule has 0 heterocycles. The highest BCUT2D eigenvalue weighted by molar-refractivity contribution is 5.14. The zero-order chi connectivity index (χ0) is 11.0. The fraction of sp³-hybridized carbons (Fsp3) is 0.667. The molecule has 0 unspecified atom stereocenters. The van der Waals surface area contributed by atoms with Crippen molar-refractivity contribution in [3.63, 3.8) is 0 Å². The Hall–Kier alpha value is -0.920. The van der Waals surface area contributed by atoms with Crippen molar-refractivity contribution < 1.29 is 0 Å². The first-order valence-electron chi connectivity index (χ1n) is 5.51. The zero-order valence-corrected chi connectivity index (χ0v) is 9.72. The van der Waals surface area contributed by atoms with Gasteiger partial charge in [0.1, 0.15) is 0 Å². The minimum atomic E-state index is 0.528. The predicted octanol–water partition coefficient (Wildman–Crippen LogP) is 2.91. The van der Waals surface area contributed by atoms with E-state index in [-0.39, 0.29) is 0 Å². The standard InChI is InChI=1S/C12H24N2/c1-4-6-11(7-5-2)12(14)9-8-10(3)13/h8-9,11H,4-7,13-14H2,1-3H3/b10-8-,12-9-. The Morgan fingerprint density at radius 2 is 1.57 bits per heavy atom. The van der Waals surface area contributed by atoms with Gasteiger partial charge < -0.3 is 11.5 Å². The lowest BCUT2D eigenvalue weighted by Crippen LogP contribution is -2.11. The van der Waals surface area contributed by atoms with Gasteiger partial charge in [0, 0.05) is 11.4 Å². The van der Waals surface area contributed by atoms with Crippen molar-refractivity contribution in [2.75, 3.05) is 0 Å². The van der Waals surface area contributed by atoms with Gasteiger partial charge in [-0.05, 0) is 37.8 Å². The summed E-state index contributed by atoms with van der Waals surface area (Å²) in [4.78, 5) is 0. The van der Waals surface area contributed by atoms with E-state index in [4.69, 9.17) is 11.5 Å². The van der Waals surface area contributed by atoms with Gasteiger partial charge in [-0.1, -0.05) is 26.7 Å². The fourth-order valence-corrected chi connectivity index (χ4v) is 1.54.